The number of ether oxygens (including phenoxy) is 1. The number of esters is 1. The van der Waals surface area contributed by atoms with Crippen molar-refractivity contribution >= 4 is 53.8 Å². The molecule has 1 aromatic heterocycles. The Morgan fingerprint density at radius 2 is 2.13 bits per heavy atom. The van der Waals surface area contributed by atoms with Crippen LogP contribution in [0.3, 0.4) is 0 Å². The van der Waals surface area contributed by atoms with Crippen LogP contribution in [0.5, 0.6) is 0 Å². The summed E-state index contributed by atoms with van der Waals surface area (Å²) in [4.78, 5) is 11.3. The fourth-order valence-corrected chi connectivity index (χ4v) is 2.20. The summed E-state index contributed by atoms with van der Waals surface area (Å²) in [5, 5.41) is 4.10. The topological polar surface area (TPSA) is 44.1 Å². The average molecular weight is 405 g/mol. The molecule has 15 heavy (non-hydrogen) atoms. The van der Waals surface area contributed by atoms with E-state index < -0.39 is 0 Å². The van der Waals surface area contributed by atoms with Gasteiger partial charge >= 0.3 is 5.97 Å². The SMILES string of the molecule is CCCOC(=O)Cn1nc(Br)c(Br)c1Br. The minimum Gasteiger partial charge on any atom is -0.464 e. The summed E-state index contributed by atoms with van der Waals surface area (Å²) in [6.07, 6.45) is 0.819. The normalized spacial score (nSPS) is 10.4. The van der Waals surface area contributed by atoms with Gasteiger partial charge in [-0.05, 0) is 54.2 Å². The fraction of sp³-hybridized carbons (Fsp3) is 0.500. The Balaban J connectivity index is 2.64. The van der Waals surface area contributed by atoms with Crippen LogP contribution in [0.2, 0.25) is 0 Å². The molecule has 0 aliphatic rings. The summed E-state index contributed by atoms with van der Waals surface area (Å²) in [6.45, 7) is 2.50. The maximum Gasteiger partial charge on any atom is 0.327 e. The van der Waals surface area contributed by atoms with Crippen molar-refractivity contribution in [1.82, 2.24) is 9.78 Å². The lowest BCUT2D eigenvalue weighted by Crippen LogP contribution is -2.15. The van der Waals surface area contributed by atoms with Crippen molar-refractivity contribution in [1.29, 1.82) is 0 Å². The molecule has 0 spiro atoms. The highest BCUT2D eigenvalue weighted by molar-refractivity contribution is 9.14. The van der Waals surface area contributed by atoms with Crippen molar-refractivity contribution in [2.45, 2.75) is 19.9 Å². The van der Waals surface area contributed by atoms with E-state index in [-0.39, 0.29) is 12.5 Å². The summed E-state index contributed by atoms with van der Waals surface area (Å²) in [7, 11) is 0. The highest BCUT2D eigenvalue weighted by Crippen LogP contribution is 2.30. The van der Waals surface area contributed by atoms with Crippen LogP contribution in [0.1, 0.15) is 13.3 Å². The molecule has 4 nitrogen and oxygen atoms in total. The molecule has 0 unspecified atom stereocenters. The van der Waals surface area contributed by atoms with Gasteiger partial charge in [-0.25, -0.2) is 4.68 Å². The zero-order valence-electron chi connectivity index (χ0n) is 7.97. The lowest BCUT2D eigenvalue weighted by molar-refractivity contribution is -0.144. The maximum atomic E-state index is 11.3. The quantitative estimate of drug-likeness (QED) is 0.724. The van der Waals surface area contributed by atoms with E-state index in [4.69, 9.17) is 4.74 Å². The molecule has 0 fully saturated rings. The highest BCUT2D eigenvalue weighted by atomic mass is 79.9. The minimum atomic E-state index is -0.292. The molecule has 0 aliphatic heterocycles. The molecule has 0 aliphatic carbocycles. The zero-order valence-corrected chi connectivity index (χ0v) is 12.7. The van der Waals surface area contributed by atoms with Crippen LogP contribution in [-0.2, 0) is 16.1 Å². The predicted octanol–water partition coefficient (Wildman–Crippen LogP) is 3.12. The second kappa shape index (κ2) is 6.00. The summed E-state index contributed by atoms with van der Waals surface area (Å²) in [6, 6.07) is 0. The number of nitrogens with zero attached hydrogens (tertiary/aromatic N) is 2. The number of rotatable bonds is 4. The molecule has 0 saturated heterocycles. The van der Waals surface area contributed by atoms with Gasteiger partial charge in [-0.2, -0.15) is 5.10 Å². The van der Waals surface area contributed by atoms with Crippen molar-refractivity contribution < 1.29 is 9.53 Å². The molecule has 0 saturated carbocycles. The maximum absolute atomic E-state index is 11.3. The Hall–Kier alpha value is 0.120. The Morgan fingerprint density at radius 1 is 1.47 bits per heavy atom. The molecule has 84 valence electrons. The third-order valence-corrected chi connectivity index (χ3v) is 4.72. The third-order valence-electron chi connectivity index (χ3n) is 1.54. The largest absolute Gasteiger partial charge is 0.464 e. The second-order valence-electron chi connectivity index (χ2n) is 2.77. The van der Waals surface area contributed by atoms with Crippen LogP contribution in [0, 0.1) is 0 Å². The summed E-state index contributed by atoms with van der Waals surface area (Å²) in [5.74, 6) is -0.292. The van der Waals surface area contributed by atoms with Crippen LogP contribution < -0.4 is 0 Å². The van der Waals surface area contributed by atoms with Gasteiger partial charge in [-0.1, -0.05) is 6.92 Å². The van der Waals surface area contributed by atoms with Crippen LogP contribution >= 0.6 is 47.8 Å². The van der Waals surface area contributed by atoms with Crippen LogP contribution in [0.15, 0.2) is 13.7 Å². The van der Waals surface area contributed by atoms with Gasteiger partial charge in [0, 0.05) is 0 Å². The molecular weight excluding hydrogens is 396 g/mol. The molecule has 0 amide bonds. The van der Waals surface area contributed by atoms with E-state index in [2.05, 4.69) is 52.9 Å². The number of carbonyl (C=O) groups excluding carboxylic acids is 1. The van der Waals surface area contributed by atoms with Gasteiger partial charge < -0.3 is 4.74 Å². The highest BCUT2D eigenvalue weighted by Gasteiger charge is 2.14. The first kappa shape index (κ1) is 13.2. The number of carbonyl (C=O) groups is 1. The zero-order chi connectivity index (χ0) is 11.4. The van der Waals surface area contributed by atoms with Crippen LogP contribution in [0.4, 0.5) is 0 Å². The summed E-state index contributed by atoms with van der Waals surface area (Å²) in [5.41, 5.74) is 0. The minimum absolute atomic E-state index is 0.102. The first-order valence-corrected chi connectivity index (χ1v) is 6.67. The standard InChI is InChI=1S/C8H9Br3N2O2/c1-2-3-15-5(14)4-13-8(11)6(9)7(10)12-13/h2-4H2,1H3. The monoisotopic (exact) mass is 402 g/mol. The molecule has 7 heteroatoms. The van der Waals surface area contributed by atoms with Crippen LogP contribution in [-0.4, -0.2) is 22.4 Å². The molecule has 0 aromatic carbocycles. The predicted molar refractivity (Wildman–Crippen MR) is 66.6 cm³/mol. The van der Waals surface area contributed by atoms with E-state index >= 15 is 0 Å². The molecular formula is C8H9Br3N2O2. The summed E-state index contributed by atoms with van der Waals surface area (Å²) >= 11 is 9.88. The Kier molecular flexibility index (Phi) is 5.28. The van der Waals surface area contributed by atoms with E-state index in [9.17, 15) is 4.79 Å². The van der Waals surface area contributed by atoms with E-state index in [1.807, 2.05) is 6.92 Å². The van der Waals surface area contributed by atoms with E-state index in [0.717, 1.165) is 10.9 Å². The number of halogens is 3. The number of hydrogen-bond acceptors (Lipinski definition) is 3. The molecule has 0 radical (unpaired) electrons. The Morgan fingerprint density at radius 3 is 2.60 bits per heavy atom. The van der Waals surface area contributed by atoms with E-state index in [1.165, 1.54) is 4.68 Å². The smallest absolute Gasteiger partial charge is 0.327 e. The van der Waals surface area contributed by atoms with Crippen LogP contribution in [0.25, 0.3) is 0 Å². The molecule has 0 atom stereocenters. The Bertz CT molecular complexity index is 365. The first-order valence-electron chi connectivity index (χ1n) is 4.29. The van der Waals surface area contributed by atoms with Gasteiger partial charge in [-0.15, -0.1) is 0 Å². The average Bonchev–Trinajstić information content (AvgIpc) is 2.43. The van der Waals surface area contributed by atoms with Gasteiger partial charge in [0.05, 0.1) is 11.1 Å². The van der Waals surface area contributed by atoms with Gasteiger partial charge in [0.1, 0.15) is 15.8 Å². The molecule has 0 bridgehead atoms. The summed E-state index contributed by atoms with van der Waals surface area (Å²) < 4.78 is 8.61. The van der Waals surface area contributed by atoms with Crippen molar-refractivity contribution in [2.75, 3.05) is 6.61 Å². The molecule has 0 N–H and O–H groups in total. The van der Waals surface area contributed by atoms with Gasteiger partial charge in [0.15, 0.2) is 0 Å². The molecule has 1 rings (SSSR count). The lowest BCUT2D eigenvalue weighted by atomic mass is 10.5. The van der Waals surface area contributed by atoms with Gasteiger partial charge in [0.25, 0.3) is 0 Å². The number of hydrogen-bond donors (Lipinski definition) is 0. The second-order valence-corrected chi connectivity index (χ2v) is 5.07. The Labute approximate surface area is 113 Å². The molecule has 1 heterocycles. The lowest BCUT2D eigenvalue weighted by Gasteiger charge is -2.03. The van der Waals surface area contributed by atoms with Gasteiger partial charge in [-0.3, -0.25) is 4.79 Å². The van der Waals surface area contributed by atoms with E-state index in [1.54, 1.807) is 0 Å². The third kappa shape index (κ3) is 3.57. The van der Waals surface area contributed by atoms with Crippen molar-refractivity contribution in [2.24, 2.45) is 0 Å². The van der Waals surface area contributed by atoms with Gasteiger partial charge in [0.2, 0.25) is 0 Å². The van der Waals surface area contributed by atoms with Crippen molar-refractivity contribution in [3.05, 3.63) is 13.7 Å². The molecule has 1 aromatic rings. The van der Waals surface area contributed by atoms with E-state index in [0.29, 0.717) is 15.8 Å². The van der Waals surface area contributed by atoms with Crippen molar-refractivity contribution in [3.8, 4) is 0 Å². The first-order chi connectivity index (χ1) is 7.06. The number of aromatic nitrogens is 2. The van der Waals surface area contributed by atoms with Crippen molar-refractivity contribution in [3.63, 3.8) is 0 Å². The fourth-order valence-electron chi connectivity index (χ4n) is 0.881.